The van der Waals surface area contributed by atoms with Crippen LogP contribution in [0.15, 0.2) is 30.3 Å². The number of rotatable bonds is 4. The lowest BCUT2D eigenvalue weighted by atomic mass is 9.98. The Hall–Kier alpha value is -2.66. The topological polar surface area (TPSA) is 54.6 Å². The number of nitrogens with one attached hydrogen (secondary N) is 1. The number of aromatic amines is 1. The zero-order valence-corrected chi connectivity index (χ0v) is 17.0. The molecule has 2 aromatic carbocycles. The molecule has 5 nitrogen and oxygen atoms in total. The van der Waals surface area contributed by atoms with Gasteiger partial charge in [-0.25, -0.2) is 0 Å². The fourth-order valence-corrected chi connectivity index (χ4v) is 4.11. The van der Waals surface area contributed by atoms with Crippen molar-refractivity contribution in [1.29, 1.82) is 0 Å². The van der Waals surface area contributed by atoms with E-state index < -0.39 is 0 Å². The van der Waals surface area contributed by atoms with Gasteiger partial charge in [-0.3, -0.25) is 4.79 Å². The van der Waals surface area contributed by atoms with Crippen LogP contribution in [0, 0.1) is 6.92 Å². The summed E-state index contributed by atoms with van der Waals surface area (Å²) in [6.07, 6.45) is 1.16. The van der Waals surface area contributed by atoms with Gasteiger partial charge in [0, 0.05) is 34.7 Å². The normalized spacial score (nSPS) is 13.5. The zero-order valence-electron chi connectivity index (χ0n) is 16.3. The fourth-order valence-electron chi connectivity index (χ4n) is 3.94. The quantitative estimate of drug-likeness (QED) is 0.713. The van der Waals surface area contributed by atoms with Crippen molar-refractivity contribution in [2.24, 2.45) is 0 Å². The number of ether oxygens (including phenoxy) is 2. The first-order valence-electron chi connectivity index (χ1n) is 9.28. The van der Waals surface area contributed by atoms with Crippen LogP contribution in [0.3, 0.4) is 0 Å². The van der Waals surface area contributed by atoms with E-state index in [9.17, 15) is 4.79 Å². The van der Waals surface area contributed by atoms with Crippen molar-refractivity contribution in [1.82, 2.24) is 9.88 Å². The summed E-state index contributed by atoms with van der Waals surface area (Å²) in [5.41, 5.74) is 5.34. The van der Waals surface area contributed by atoms with Crippen molar-refractivity contribution >= 4 is 28.4 Å². The molecule has 0 saturated heterocycles. The van der Waals surface area contributed by atoms with Gasteiger partial charge in [0.05, 0.1) is 20.6 Å². The number of fused-ring (bicyclic) bond motifs is 2. The maximum atomic E-state index is 13.1. The molecule has 0 spiro atoms. The Morgan fingerprint density at radius 1 is 1.14 bits per heavy atom. The monoisotopic (exact) mass is 398 g/mol. The van der Waals surface area contributed by atoms with Gasteiger partial charge >= 0.3 is 0 Å². The highest BCUT2D eigenvalue weighted by Gasteiger charge is 2.24. The number of amides is 1. The largest absolute Gasteiger partial charge is 0.493 e. The minimum atomic E-state index is 0.115. The number of carbonyl (C=O) groups excluding carboxylic acids is 1. The molecule has 0 radical (unpaired) electrons. The number of carbonyl (C=O) groups is 1. The lowest BCUT2D eigenvalue weighted by Gasteiger charge is -2.30. The van der Waals surface area contributed by atoms with Crippen LogP contribution < -0.4 is 9.47 Å². The highest BCUT2D eigenvalue weighted by atomic mass is 35.5. The number of aryl methyl sites for hydroxylation is 1. The first kappa shape index (κ1) is 18.7. The third-order valence-corrected chi connectivity index (χ3v) is 5.72. The maximum Gasteiger partial charge on any atom is 0.227 e. The van der Waals surface area contributed by atoms with Gasteiger partial charge in [0.25, 0.3) is 0 Å². The van der Waals surface area contributed by atoms with Crippen molar-refractivity contribution in [2.75, 3.05) is 20.8 Å². The Morgan fingerprint density at radius 3 is 2.57 bits per heavy atom. The van der Waals surface area contributed by atoms with Gasteiger partial charge in [-0.15, -0.1) is 0 Å². The Kier molecular flexibility index (Phi) is 4.94. The lowest BCUT2D eigenvalue weighted by Crippen LogP contribution is -2.37. The van der Waals surface area contributed by atoms with Crippen molar-refractivity contribution in [3.8, 4) is 11.5 Å². The van der Waals surface area contributed by atoms with E-state index in [1.165, 1.54) is 5.56 Å². The number of benzene rings is 2. The van der Waals surface area contributed by atoms with E-state index in [0.717, 1.165) is 39.9 Å². The van der Waals surface area contributed by atoms with E-state index in [4.69, 9.17) is 21.1 Å². The van der Waals surface area contributed by atoms with Gasteiger partial charge in [0.1, 0.15) is 0 Å². The Labute approximate surface area is 169 Å². The molecule has 28 heavy (non-hydrogen) atoms. The molecule has 1 N–H and O–H groups in total. The molecule has 1 amide bonds. The molecule has 0 atom stereocenters. The summed E-state index contributed by atoms with van der Waals surface area (Å²) in [7, 11) is 3.26. The van der Waals surface area contributed by atoms with Crippen LogP contribution in [-0.2, 0) is 24.2 Å². The van der Waals surface area contributed by atoms with Crippen molar-refractivity contribution < 1.29 is 14.3 Å². The van der Waals surface area contributed by atoms with Crippen LogP contribution in [-0.4, -0.2) is 36.6 Å². The van der Waals surface area contributed by atoms with E-state index in [1.54, 1.807) is 14.2 Å². The Bertz CT molecular complexity index is 1060. The van der Waals surface area contributed by atoms with Crippen LogP contribution in [0.25, 0.3) is 10.9 Å². The zero-order chi connectivity index (χ0) is 19.8. The van der Waals surface area contributed by atoms with E-state index in [2.05, 4.69) is 4.98 Å². The Morgan fingerprint density at radius 2 is 1.86 bits per heavy atom. The fraction of sp³-hybridized carbons (Fsp3) is 0.318. The average molecular weight is 399 g/mol. The van der Waals surface area contributed by atoms with E-state index in [0.29, 0.717) is 30.3 Å². The van der Waals surface area contributed by atoms with Gasteiger partial charge in [-0.2, -0.15) is 0 Å². The standard InChI is InChI=1S/C22H23ClN2O3/c1-13-17(18-10-16(23)4-5-19(18)24-13)11-22(26)25-7-6-14-8-20(27-2)21(28-3)9-15(14)12-25/h4-5,8-10,24H,6-7,11-12H2,1-3H3. The van der Waals surface area contributed by atoms with E-state index in [-0.39, 0.29) is 5.91 Å². The average Bonchev–Trinajstić information content (AvgIpc) is 3.00. The van der Waals surface area contributed by atoms with Crippen LogP contribution in [0.5, 0.6) is 11.5 Å². The van der Waals surface area contributed by atoms with Crippen LogP contribution >= 0.6 is 11.6 Å². The second-order valence-electron chi connectivity index (χ2n) is 7.14. The van der Waals surface area contributed by atoms with Gasteiger partial charge < -0.3 is 19.4 Å². The summed E-state index contributed by atoms with van der Waals surface area (Å²) in [4.78, 5) is 18.3. The van der Waals surface area contributed by atoms with Gasteiger partial charge in [-0.05, 0) is 60.4 Å². The molecule has 3 aromatic rings. The van der Waals surface area contributed by atoms with Crippen molar-refractivity contribution in [3.05, 3.63) is 57.7 Å². The molecular weight excluding hydrogens is 376 g/mol. The van der Waals surface area contributed by atoms with Crippen LogP contribution in [0.4, 0.5) is 0 Å². The second-order valence-corrected chi connectivity index (χ2v) is 7.57. The minimum Gasteiger partial charge on any atom is -0.493 e. The number of aromatic nitrogens is 1. The van der Waals surface area contributed by atoms with Crippen LogP contribution in [0.1, 0.15) is 22.4 Å². The number of nitrogens with zero attached hydrogens (tertiary/aromatic N) is 1. The highest BCUT2D eigenvalue weighted by molar-refractivity contribution is 6.31. The third kappa shape index (κ3) is 3.31. The Balaban J connectivity index is 1.58. The summed E-state index contributed by atoms with van der Waals surface area (Å²) in [6, 6.07) is 9.72. The number of hydrogen-bond acceptors (Lipinski definition) is 3. The predicted molar refractivity (Wildman–Crippen MR) is 110 cm³/mol. The molecule has 0 unspecified atom stereocenters. The van der Waals surface area contributed by atoms with Gasteiger partial charge in [0.15, 0.2) is 11.5 Å². The first-order chi connectivity index (χ1) is 13.5. The first-order valence-corrected chi connectivity index (χ1v) is 9.66. The number of H-pyrrole nitrogens is 1. The maximum absolute atomic E-state index is 13.1. The van der Waals surface area contributed by atoms with Gasteiger partial charge in [-0.1, -0.05) is 11.6 Å². The molecule has 6 heteroatoms. The molecule has 146 valence electrons. The molecule has 0 aliphatic carbocycles. The van der Waals surface area contributed by atoms with Crippen molar-refractivity contribution in [3.63, 3.8) is 0 Å². The molecule has 1 aliphatic heterocycles. The molecule has 1 aromatic heterocycles. The van der Waals surface area contributed by atoms with Crippen LogP contribution in [0.2, 0.25) is 5.02 Å². The SMILES string of the molecule is COc1cc2c(cc1OC)CN(C(=O)Cc1c(C)[nH]c3ccc(Cl)cc13)CC2. The molecule has 0 saturated carbocycles. The molecule has 0 fully saturated rings. The van der Waals surface area contributed by atoms with Crippen molar-refractivity contribution in [2.45, 2.75) is 26.3 Å². The highest BCUT2D eigenvalue weighted by Crippen LogP contribution is 2.33. The smallest absolute Gasteiger partial charge is 0.227 e. The summed E-state index contributed by atoms with van der Waals surface area (Å²) in [5, 5.41) is 1.69. The number of halogens is 1. The molecule has 0 bridgehead atoms. The van der Waals surface area contributed by atoms with Gasteiger partial charge in [0.2, 0.25) is 5.91 Å². The minimum absolute atomic E-state index is 0.115. The lowest BCUT2D eigenvalue weighted by molar-refractivity contribution is -0.131. The number of hydrogen-bond donors (Lipinski definition) is 1. The summed E-state index contributed by atoms with van der Waals surface area (Å²) >= 11 is 6.16. The molecular formula is C22H23ClN2O3. The second kappa shape index (κ2) is 7.40. The summed E-state index contributed by atoms with van der Waals surface area (Å²) in [6.45, 7) is 3.28. The predicted octanol–water partition coefficient (Wildman–Crippen LogP) is 4.27. The molecule has 2 heterocycles. The summed E-state index contributed by atoms with van der Waals surface area (Å²) < 4.78 is 10.8. The van der Waals surface area contributed by atoms with E-state index in [1.807, 2.05) is 42.2 Å². The molecule has 4 rings (SSSR count). The summed E-state index contributed by atoms with van der Waals surface area (Å²) in [5.74, 6) is 1.54. The molecule has 1 aliphatic rings. The van der Waals surface area contributed by atoms with E-state index >= 15 is 0 Å². The number of methoxy groups -OCH3 is 2. The third-order valence-electron chi connectivity index (χ3n) is 5.48.